The van der Waals surface area contributed by atoms with E-state index in [0.29, 0.717) is 6.42 Å². The molecule has 0 radical (unpaired) electrons. The Morgan fingerprint density at radius 1 is 1.45 bits per heavy atom. The molecule has 11 heavy (non-hydrogen) atoms. The lowest BCUT2D eigenvalue weighted by Crippen LogP contribution is -2.03. The Morgan fingerprint density at radius 3 is 2.73 bits per heavy atom. The van der Waals surface area contributed by atoms with Crippen LogP contribution >= 0.6 is 0 Å². The monoisotopic (exact) mass is 160 g/mol. The van der Waals surface area contributed by atoms with E-state index in [1.807, 2.05) is 6.92 Å². The topological polar surface area (TPSA) is 52.6 Å². The van der Waals surface area contributed by atoms with Gasteiger partial charge >= 0.3 is 12.4 Å². The fraction of sp³-hybridized carbons (Fsp3) is 0.714. The molecule has 0 spiro atoms. The summed E-state index contributed by atoms with van der Waals surface area (Å²) in [6.07, 6.45) is 3.11. The molecule has 0 aromatic carbocycles. The van der Waals surface area contributed by atoms with E-state index in [4.69, 9.17) is 0 Å². The lowest BCUT2D eigenvalue weighted by atomic mass is 10.2. The molecular formula is C7H12O4. The Balaban J connectivity index is 3.15. The maximum Gasteiger partial charge on any atom is 0.355 e. The highest BCUT2D eigenvalue weighted by molar-refractivity contribution is 5.69. The van der Waals surface area contributed by atoms with Gasteiger partial charge in [-0.25, -0.2) is 9.68 Å². The second kappa shape index (κ2) is 7.05. The van der Waals surface area contributed by atoms with Crippen LogP contribution in [-0.4, -0.2) is 12.4 Å². The van der Waals surface area contributed by atoms with Gasteiger partial charge in [-0.05, 0) is 6.42 Å². The molecule has 0 saturated carbocycles. The van der Waals surface area contributed by atoms with Crippen LogP contribution in [0.2, 0.25) is 0 Å². The minimum Gasteiger partial charge on any atom is -0.251 e. The summed E-state index contributed by atoms with van der Waals surface area (Å²) in [6, 6.07) is 0. The summed E-state index contributed by atoms with van der Waals surface area (Å²) in [6.45, 7) is 2.12. The molecular weight excluding hydrogens is 148 g/mol. The molecule has 0 bridgehead atoms. The van der Waals surface area contributed by atoms with E-state index in [0.717, 1.165) is 19.3 Å². The predicted octanol–water partition coefficient (Wildman–Crippen LogP) is 1.20. The number of carbonyl (C=O) groups is 2. The third-order valence-electron chi connectivity index (χ3n) is 1.16. The second-order valence-electron chi connectivity index (χ2n) is 2.10. The lowest BCUT2D eigenvalue weighted by molar-refractivity contribution is -0.248. The van der Waals surface area contributed by atoms with Crippen LogP contribution in [0.1, 0.15) is 32.6 Å². The van der Waals surface area contributed by atoms with Gasteiger partial charge in [0.15, 0.2) is 0 Å². The minimum atomic E-state index is -0.495. The highest BCUT2D eigenvalue weighted by Crippen LogP contribution is 1.99. The molecule has 0 aromatic heterocycles. The van der Waals surface area contributed by atoms with E-state index in [9.17, 15) is 9.59 Å². The summed E-state index contributed by atoms with van der Waals surface area (Å²) >= 11 is 0. The van der Waals surface area contributed by atoms with Gasteiger partial charge in [-0.15, -0.1) is 0 Å². The van der Waals surface area contributed by atoms with E-state index in [1.165, 1.54) is 0 Å². The van der Waals surface area contributed by atoms with Gasteiger partial charge < -0.3 is 0 Å². The van der Waals surface area contributed by atoms with Gasteiger partial charge in [-0.1, -0.05) is 19.8 Å². The van der Waals surface area contributed by atoms with Crippen molar-refractivity contribution in [3.63, 3.8) is 0 Å². The summed E-state index contributed by atoms with van der Waals surface area (Å²) in [5.74, 6) is -0.495. The molecule has 0 heterocycles. The van der Waals surface area contributed by atoms with Gasteiger partial charge in [0.2, 0.25) is 0 Å². The molecule has 0 saturated heterocycles. The molecule has 0 fully saturated rings. The van der Waals surface area contributed by atoms with Crippen molar-refractivity contribution in [1.82, 2.24) is 0 Å². The zero-order valence-electron chi connectivity index (χ0n) is 6.54. The Hall–Kier alpha value is -1.06. The lowest BCUT2D eigenvalue weighted by Gasteiger charge is -1.96. The molecule has 0 unspecified atom stereocenters. The fourth-order valence-electron chi connectivity index (χ4n) is 0.634. The van der Waals surface area contributed by atoms with Gasteiger partial charge in [0, 0.05) is 0 Å². The molecule has 4 nitrogen and oxygen atoms in total. The zero-order valence-corrected chi connectivity index (χ0v) is 6.54. The normalized spacial score (nSPS) is 8.82. The zero-order chi connectivity index (χ0) is 8.53. The van der Waals surface area contributed by atoms with Crippen molar-refractivity contribution in [3.05, 3.63) is 0 Å². The maximum atomic E-state index is 10.6. The smallest absolute Gasteiger partial charge is 0.251 e. The largest absolute Gasteiger partial charge is 0.355 e. The Bertz CT molecular complexity index is 122. The average Bonchev–Trinajstić information content (AvgIpc) is 2.01. The first kappa shape index (κ1) is 9.94. The van der Waals surface area contributed by atoms with Crippen LogP contribution < -0.4 is 0 Å². The SMILES string of the molecule is CCCCCC(=O)OOC=O. The van der Waals surface area contributed by atoms with Gasteiger partial charge in [0.25, 0.3) is 0 Å². The van der Waals surface area contributed by atoms with Gasteiger partial charge in [0.1, 0.15) is 0 Å². The molecule has 0 N–H and O–H groups in total. The third kappa shape index (κ3) is 6.83. The molecule has 0 aliphatic rings. The first-order valence-electron chi connectivity index (χ1n) is 3.61. The Kier molecular flexibility index (Phi) is 6.37. The molecule has 0 amide bonds. The molecule has 0 rings (SSSR count). The molecule has 0 aliphatic carbocycles. The quantitative estimate of drug-likeness (QED) is 0.253. The van der Waals surface area contributed by atoms with Crippen LogP contribution in [0.5, 0.6) is 0 Å². The van der Waals surface area contributed by atoms with Gasteiger partial charge in [-0.3, -0.25) is 9.68 Å². The summed E-state index contributed by atoms with van der Waals surface area (Å²) < 4.78 is 0. The first-order chi connectivity index (χ1) is 5.31. The Morgan fingerprint density at radius 2 is 2.18 bits per heavy atom. The van der Waals surface area contributed by atoms with E-state index < -0.39 is 5.97 Å². The van der Waals surface area contributed by atoms with E-state index >= 15 is 0 Å². The Labute approximate surface area is 65.4 Å². The van der Waals surface area contributed by atoms with E-state index in [1.54, 1.807) is 0 Å². The van der Waals surface area contributed by atoms with E-state index in [-0.39, 0.29) is 6.47 Å². The number of hydrogen-bond donors (Lipinski definition) is 0. The van der Waals surface area contributed by atoms with Crippen molar-refractivity contribution in [2.45, 2.75) is 32.6 Å². The van der Waals surface area contributed by atoms with Gasteiger partial charge in [-0.2, -0.15) is 0 Å². The summed E-state index contributed by atoms with van der Waals surface area (Å²) in [4.78, 5) is 27.9. The maximum absolute atomic E-state index is 10.6. The van der Waals surface area contributed by atoms with Crippen molar-refractivity contribution < 1.29 is 19.4 Å². The second-order valence-corrected chi connectivity index (χ2v) is 2.10. The highest BCUT2D eigenvalue weighted by Gasteiger charge is 2.02. The standard InChI is InChI=1S/C7H12O4/c1-2-3-4-5-7(9)11-10-6-8/h6H,2-5H2,1H3. The molecule has 0 aliphatic heterocycles. The average molecular weight is 160 g/mol. The number of carbonyl (C=O) groups excluding carboxylic acids is 2. The summed E-state index contributed by atoms with van der Waals surface area (Å²) in [5, 5.41) is 0. The molecule has 0 atom stereocenters. The molecule has 0 aromatic rings. The molecule has 64 valence electrons. The van der Waals surface area contributed by atoms with Crippen molar-refractivity contribution in [1.29, 1.82) is 0 Å². The van der Waals surface area contributed by atoms with Crippen molar-refractivity contribution in [3.8, 4) is 0 Å². The summed E-state index contributed by atoms with van der Waals surface area (Å²) in [7, 11) is 0. The van der Waals surface area contributed by atoms with Crippen LogP contribution in [0.3, 0.4) is 0 Å². The highest BCUT2D eigenvalue weighted by atomic mass is 17.2. The van der Waals surface area contributed by atoms with Crippen LogP contribution in [-0.2, 0) is 19.4 Å². The predicted molar refractivity (Wildman–Crippen MR) is 37.4 cm³/mol. The first-order valence-corrected chi connectivity index (χ1v) is 3.61. The third-order valence-corrected chi connectivity index (χ3v) is 1.16. The minimum absolute atomic E-state index is 0.0811. The van der Waals surface area contributed by atoms with Crippen LogP contribution in [0.4, 0.5) is 0 Å². The van der Waals surface area contributed by atoms with Gasteiger partial charge in [0.05, 0.1) is 6.42 Å². The fourth-order valence-corrected chi connectivity index (χ4v) is 0.634. The summed E-state index contributed by atoms with van der Waals surface area (Å²) in [5.41, 5.74) is 0. The number of unbranched alkanes of at least 4 members (excludes halogenated alkanes) is 2. The van der Waals surface area contributed by atoms with Crippen molar-refractivity contribution in [2.24, 2.45) is 0 Å². The number of hydrogen-bond acceptors (Lipinski definition) is 4. The van der Waals surface area contributed by atoms with Crippen molar-refractivity contribution >= 4 is 12.4 Å². The van der Waals surface area contributed by atoms with Crippen LogP contribution in [0, 0.1) is 0 Å². The van der Waals surface area contributed by atoms with Crippen LogP contribution in [0.25, 0.3) is 0 Å². The van der Waals surface area contributed by atoms with Crippen molar-refractivity contribution in [2.75, 3.05) is 0 Å². The van der Waals surface area contributed by atoms with E-state index in [2.05, 4.69) is 9.78 Å². The molecule has 4 heteroatoms. The van der Waals surface area contributed by atoms with Crippen LogP contribution in [0.15, 0.2) is 0 Å². The number of rotatable bonds is 6.